The fourth-order valence-electron chi connectivity index (χ4n) is 9.38. The molecule has 0 N–H and O–H groups in total. The molecule has 3 nitrogen and oxygen atoms in total. The largest absolute Gasteiger partial charge is 0.457 e. The summed E-state index contributed by atoms with van der Waals surface area (Å²) in [5, 5.41) is -0.909. The van der Waals surface area contributed by atoms with E-state index in [0.717, 1.165) is 30.3 Å². The lowest BCUT2D eigenvalue weighted by Crippen LogP contribution is -2.29. The Morgan fingerprint density at radius 1 is 0.369 bits per heavy atom. The summed E-state index contributed by atoms with van der Waals surface area (Å²) in [4.78, 5) is 0.581. The molecule has 11 aromatic rings. The van der Waals surface area contributed by atoms with Gasteiger partial charge in [0, 0.05) is 39.4 Å². The fourth-order valence-corrected chi connectivity index (χ4v) is 9.38. The fraction of sp³-hybridized carbons (Fsp3) is 0.0323. The summed E-state index contributed by atoms with van der Waals surface area (Å²) in [5.74, 6) is -1.54. The van der Waals surface area contributed by atoms with Gasteiger partial charge in [-0.2, -0.15) is 0 Å². The number of anilines is 3. The van der Waals surface area contributed by atoms with E-state index < -0.39 is 334 Å². The molecule has 0 fully saturated rings. The Morgan fingerprint density at radius 2 is 1.00 bits per heavy atom. The molecule has 0 amide bonds. The predicted molar refractivity (Wildman–Crippen MR) is 263 cm³/mol. The van der Waals surface area contributed by atoms with Gasteiger partial charge in [0.25, 0.3) is 0 Å². The summed E-state index contributed by atoms with van der Waals surface area (Å²) in [7, 11) is 0. The molecule has 304 valence electrons. The van der Waals surface area contributed by atoms with Crippen LogP contribution >= 0.6 is 0 Å². The van der Waals surface area contributed by atoms with Crippen LogP contribution in [0.5, 0.6) is 11.5 Å². The van der Waals surface area contributed by atoms with Gasteiger partial charge in [0.2, 0.25) is 0 Å². The molecule has 0 saturated carbocycles. The van der Waals surface area contributed by atoms with E-state index in [0.29, 0.717) is 4.90 Å². The molecule has 0 saturated heterocycles. The van der Waals surface area contributed by atoms with Crippen LogP contribution in [-0.2, 0) is 10.8 Å². The first kappa shape index (κ1) is 16.3. The van der Waals surface area contributed by atoms with E-state index in [4.69, 9.17) is 28.3 Å². The van der Waals surface area contributed by atoms with Crippen molar-refractivity contribution in [3.63, 3.8) is 0 Å². The summed E-state index contributed by atoms with van der Waals surface area (Å²) in [5.41, 5.74) is -18.9. The molecule has 2 heterocycles. The number of hydrogen-bond donors (Lipinski definition) is 0. The lowest BCUT2D eigenvalue weighted by molar-refractivity contribution is 0.478. The second-order valence-electron chi connectivity index (χ2n) is 14.9. The van der Waals surface area contributed by atoms with Crippen molar-refractivity contribution in [3.05, 3.63) is 280 Å². The Morgan fingerprint density at radius 3 is 1.82 bits per heavy atom. The minimum absolute atomic E-state index is 0.443. The van der Waals surface area contributed by atoms with Gasteiger partial charge in [0.1, 0.15) is 22.7 Å². The Hall–Kier alpha value is -8.40. The molecule has 65 heavy (non-hydrogen) atoms. The molecule has 2 aliphatic carbocycles. The first-order valence-corrected chi connectivity index (χ1v) is 19.6. The molecule has 3 heteroatoms. The van der Waals surface area contributed by atoms with Crippen LogP contribution in [0.4, 0.5) is 17.1 Å². The number of benzene rings is 10. The smallest absolute Gasteiger partial charge is 0.137 e. The lowest BCUT2D eigenvalue weighted by atomic mass is 9.67. The summed E-state index contributed by atoms with van der Waals surface area (Å²) in [6.07, 6.45) is 0. The third kappa shape index (κ3) is 4.90. The van der Waals surface area contributed by atoms with Crippen molar-refractivity contribution in [1.82, 2.24) is 0 Å². The van der Waals surface area contributed by atoms with E-state index in [-0.39, 0.29) is 0 Å². The van der Waals surface area contributed by atoms with Crippen LogP contribution in [0.1, 0.15) is 91.1 Å². The quantitative estimate of drug-likeness (QED) is 0.172. The second kappa shape index (κ2) is 13.6. The normalized spacial score (nSPS) is 23.0. The summed E-state index contributed by atoms with van der Waals surface area (Å²) in [6.45, 7) is 0. The number of hydrogen-bond acceptors (Lipinski definition) is 3. The van der Waals surface area contributed by atoms with Gasteiger partial charge in [-0.3, -0.25) is 0 Å². The monoisotopic (exact) mass is 864 g/mol. The highest BCUT2D eigenvalue weighted by Gasteiger charge is 2.49. The molecule has 1 aromatic heterocycles. The van der Waals surface area contributed by atoms with Crippen molar-refractivity contribution in [1.29, 1.82) is 0 Å². The highest BCUT2D eigenvalue weighted by Crippen LogP contribution is 2.61. The number of fused-ring (bicyclic) bond motifs is 16. The van der Waals surface area contributed by atoms with Gasteiger partial charge in [0.05, 0.1) is 57.4 Å². The van der Waals surface area contributed by atoms with Gasteiger partial charge >= 0.3 is 0 Å². The van der Waals surface area contributed by atoms with Gasteiger partial charge in [-0.05, 0) is 122 Å². The molecule has 1 spiro atoms. The molecular weight excluding hydrogens is 791 g/mol. The van der Waals surface area contributed by atoms with E-state index in [1.54, 1.807) is 0 Å². The number of rotatable bonds is 5. The molecule has 10 aromatic carbocycles. The van der Waals surface area contributed by atoms with Crippen LogP contribution < -0.4 is 9.64 Å². The molecular formula is C62H39NO2. The Balaban J connectivity index is 1.25. The van der Waals surface area contributed by atoms with E-state index in [2.05, 4.69) is 0 Å². The van der Waals surface area contributed by atoms with Crippen molar-refractivity contribution >= 4 is 39.0 Å². The standard InChI is InChI=1S/C62H39NO2/c1-2-16-40(17-3-1)61(53-27-9-4-22-47(53)48-23-5-10-28-54(48)61)41-18-14-20-43(36-41)63(45-32-34-52-51-26-8-13-31-58(51)65-60(52)39-45)44-33-35-59-57(38-44)62(42-19-15-21-46(37-42)64-59)55-29-11-6-24-49(55)50-25-7-12-30-56(50)62/h1-39H/i1D,2D,3D,4D,5D,6D,7D,8D,9D,10D,11D,12D,13D,14D,15D,16D,18D,19D,20D,21D,22D,23D,24D,25D,26D,27D,29D,30D,31D,33D,34D,35D,36D,39D. The van der Waals surface area contributed by atoms with Gasteiger partial charge in [-0.25, -0.2) is 0 Å². The second-order valence-corrected chi connectivity index (χ2v) is 14.9. The van der Waals surface area contributed by atoms with Crippen molar-refractivity contribution in [2.45, 2.75) is 10.8 Å². The van der Waals surface area contributed by atoms with Crippen LogP contribution in [0.2, 0.25) is 0 Å². The molecule has 1 aliphatic heterocycles. The topological polar surface area (TPSA) is 25.6 Å². The minimum Gasteiger partial charge on any atom is -0.457 e. The number of para-hydroxylation sites is 1. The van der Waals surface area contributed by atoms with Gasteiger partial charge in [-0.1, -0.05) is 169 Å². The average molecular weight is 864 g/mol. The first-order valence-electron chi connectivity index (χ1n) is 36.6. The Labute approximate surface area is 424 Å². The molecule has 3 aliphatic rings. The van der Waals surface area contributed by atoms with Gasteiger partial charge in [-0.15, -0.1) is 0 Å². The Kier molecular flexibility index (Phi) is 3.40. The molecule has 2 bridgehead atoms. The maximum absolute atomic E-state index is 10.9. The van der Waals surface area contributed by atoms with E-state index in [1.165, 1.54) is 0 Å². The van der Waals surface area contributed by atoms with E-state index in [9.17, 15) is 27.4 Å². The number of furan rings is 1. The molecule has 14 rings (SSSR count). The summed E-state index contributed by atoms with van der Waals surface area (Å²) in [6, 6.07) is -29.2. The van der Waals surface area contributed by atoms with E-state index in [1.807, 2.05) is 0 Å². The number of nitrogens with zero attached hydrogens (tertiary/aromatic N) is 1. The maximum Gasteiger partial charge on any atom is 0.137 e. The molecule has 1 atom stereocenters. The zero-order valence-corrected chi connectivity index (χ0v) is 32.7. The third-order valence-electron chi connectivity index (χ3n) is 11.9. The predicted octanol–water partition coefficient (Wildman–Crippen LogP) is 15.9. The van der Waals surface area contributed by atoms with Crippen molar-refractivity contribution in [2.75, 3.05) is 4.90 Å². The van der Waals surface area contributed by atoms with Crippen LogP contribution in [0.15, 0.2) is 240 Å². The maximum atomic E-state index is 10.9. The van der Waals surface area contributed by atoms with E-state index >= 15 is 0 Å². The molecule has 1 unspecified atom stereocenters. The van der Waals surface area contributed by atoms with Crippen molar-refractivity contribution in [3.8, 4) is 33.8 Å². The van der Waals surface area contributed by atoms with Crippen LogP contribution in [0.3, 0.4) is 0 Å². The van der Waals surface area contributed by atoms with Gasteiger partial charge < -0.3 is 14.1 Å². The zero-order valence-electron chi connectivity index (χ0n) is 66.7. The summed E-state index contributed by atoms with van der Waals surface area (Å²) < 4.78 is 333. The van der Waals surface area contributed by atoms with Crippen LogP contribution in [-0.4, -0.2) is 0 Å². The first-order chi connectivity index (χ1) is 46.3. The SMILES string of the molecule is [2H]c1cc(C2(c3c([2H])c([2H])c([2H])c(N(c4cc5c(c([2H])c4[2H])Oc4cc(c([2H])c([2H])c4[2H])C54c5c([2H])c([2H])c([2H])c([2H])c5-c5c([2H])c([2H])c([2H])c([2H])c54)c4cc([2H])c5c(oc6c([2H])c([2H])c([2H])c([2H])c65)c4[2H])c3[2H])c3cc([2H])c([2H])c([2H])c3-c3c([2H])c([2H])c([2H])c([2H])c32)c([2H])c([2H])c1[2H]. The van der Waals surface area contributed by atoms with Crippen molar-refractivity contribution in [2.24, 2.45) is 0 Å². The van der Waals surface area contributed by atoms with Gasteiger partial charge in [0.15, 0.2) is 0 Å². The number of ether oxygens (including phenoxy) is 1. The zero-order chi connectivity index (χ0) is 72.3. The summed E-state index contributed by atoms with van der Waals surface area (Å²) >= 11 is 0. The van der Waals surface area contributed by atoms with Crippen molar-refractivity contribution < 1.29 is 55.8 Å². The van der Waals surface area contributed by atoms with Crippen LogP contribution in [0, 0.1) is 0 Å². The highest BCUT2D eigenvalue weighted by molar-refractivity contribution is 6.06. The average Bonchev–Trinajstić information content (AvgIpc) is 1.53. The Bertz CT molecular complexity index is 5680. The minimum atomic E-state index is -3.12. The molecule has 0 radical (unpaired) electrons. The highest BCUT2D eigenvalue weighted by atomic mass is 16.5. The van der Waals surface area contributed by atoms with Crippen LogP contribution in [0.25, 0.3) is 44.2 Å². The lowest BCUT2D eigenvalue weighted by Gasteiger charge is -2.36. The third-order valence-corrected chi connectivity index (χ3v) is 11.9.